The van der Waals surface area contributed by atoms with Crippen molar-refractivity contribution in [1.29, 1.82) is 0 Å². The first-order valence-corrected chi connectivity index (χ1v) is 9.36. The topological polar surface area (TPSA) is 72.7 Å². The lowest BCUT2D eigenvalue weighted by molar-refractivity contribution is 0.102. The van der Waals surface area contributed by atoms with Gasteiger partial charge in [0.2, 0.25) is 0 Å². The predicted octanol–water partition coefficient (Wildman–Crippen LogP) is 4.60. The molecule has 3 heterocycles. The van der Waals surface area contributed by atoms with Crippen LogP contribution in [-0.4, -0.2) is 25.7 Å². The fourth-order valence-electron chi connectivity index (χ4n) is 2.63. The molecule has 6 nitrogen and oxygen atoms in total. The Kier molecular flexibility index (Phi) is 4.70. The molecule has 4 aromatic rings. The van der Waals surface area contributed by atoms with Crippen molar-refractivity contribution in [3.05, 3.63) is 76.5 Å². The fraction of sp³-hybridized carbons (Fsp3) is 0.0526. The van der Waals surface area contributed by atoms with Crippen LogP contribution in [0.1, 0.15) is 16.1 Å². The smallest absolute Gasteiger partial charge is 0.260 e. The summed E-state index contributed by atoms with van der Waals surface area (Å²) in [5, 5.41) is 10.1. The molecular formula is C19H14ClN5OS. The van der Waals surface area contributed by atoms with Crippen LogP contribution in [0.15, 0.2) is 60.2 Å². The summed E-state index contributed by atoms with van der Waals surface area (Å²) in [4.78, 5) is 21.3. The molecule has 134 valence electrons. The Hall–Kier alpha value is -3.03. The number of benzene rings is 1. The van der Waals surface area contributed by atoms with Crippen LogP contribution in [0, 0.1) is 6.92 Å². The molecule has 0 atom stereocenters. The van der Waals surface area contributed by atoms with Crippen LogP contribution in [0.2, 0.25) is 5.02 Å². The first-order valence-electron chi connectivity index (χ1n) is 8.10. The average molecular weight is 396 g/mol. The number of anilines is 1. The molecule has 0 aliphatic carbocycles. The van der Waals surface area contributed by atoms with E-state index < -0.39 is 0 Å². The summed E-state index contributed by atoms with van der Waals surface area (Å²) in [6.45, 7) is 1.84. The summed E-state index contributed by atoms with van der Waals surface area (Å²) in [7, 11) is 0. The number of pyridine rings is 1. The Balaban J connectivity index is 1.55. The van der Waals surface area contributed by atoms with Crippen LogP contribution < -0.4 is 5.32 Å². The fourth-order valence-corrected chi connectivity index (χ4v) is 3.51. The van der Waals surface area contributed by atoms with Gasteiger partial charge >= 0.3 is 0 Å². The van der Waals surface area contributed by atoms with Gasteiger partial charge in [0.05, 0.1) is 28.8 Å². The molecule has 0 aliphatic heterocycles. The van der Waals surface area contributed by atoms with Crippen molar-refractivity contribution >= 4 is 34.0 Å². The van der Waals surface area contributed by atoms with Gasteiger partial charge in [-0.3, -0.25) is 15.1 Å². The van der Waals surface area contributed by atoms with E-state index in [1.54, 1.807) is 29.2 Å². The van der Waals surface area contributed by atoms with Crippen LogP contribution in [-0.2, 0) is 0 Å². The van der Waals surface area contributed by atoms with Gasteiger partial charge in [0, 0.05) is 16.6 Å². The molecule has 1 aromatic carbocycles. The Morgan fingerprint density at radius 1 is 1.19 bits per heavy atom. The van der Waals surface area contributed by atoms with Gasteiger partial charge in [-0.2, -0.15) is 5.10 Å². The highest BCUT2D eigenvalue weighted by atomic mass is 35.5. The van der Waals surface area contributed by atoms with Crippen LogP contribution in [0.3, 0.4) is 0 Å². The number of aromatic nitrogens is 4. The molecule has 1 amide bonds. The van der Waals surface area contributed by atoms with E-state index in [9.17, 15) is 4.79 Å². The maximum Gasteiger partial charge on any atom is 0.260 e. The maximum atomic E-state index is 12.7. The van der Waals surface area contributed by atoms with E-state index in [-0.39, 0.29) is 5.91 Å². The lowest BCUT2D eigenvalue weighted by atomic mass is 10.2. The molecule has 0 aliphatic rings. The van der Waals surface area contributed by atoms with Crippen LogP contribution in [0.5, 0.6) is 0 Å². The van der Waals surface area contributed by atoms with Gasteiger partial charge in [-0.15, -0.1) is 11.3 Å². The van der Waals surface area contributed by atoms with Crippen molar-refractivity contribution in [3.63, 3.8) is 0 Å². The minimum absolute atomic E-state index is 0.261. The molecule has 4 rings (SSSR count). The van der Waals surface area contributed by atoms with Gasteiger partial charge in [0.1, 0.15) is 5.69 Å². The highest BCUT2D eigenvalue weighted by molar-refractivity contribution is 7.14. The van der Waals surface area contributed by atoms with E-state index in [2.05, 4.69) is 20.4 Å². The molecular weight excluding hydrogens is 382 g/mol. The molecule has 0 spiro atoms. The second-order valence-electron chi connectivity index (χ2n) is 5.74. The lowest BCUT2D eigenvalue weighted by Gasteiger charge is -2.06. The largest absolute Gasteiger partial charge is 0.298 e. The second-order valence-corrected chi connectivity index (χ2v) is 7.04. The quantitative estimate of drug-likeness (QED) is 0.547. The zero-order valence-corrected chi connectivity index (χ0v) is 15.8. The van der Waals surface area contributed by atoms with E-state index in [1.807, 2.05) is 42.6 Å². The van der Waals surface area contributed by atoms with Crippen molar-refractivity contribution in [2.75, 3.05) is 5.32 Å². The summed E-state index contributed by atoms with van der Waals surface area (Å²) in [6, 6.07) is 12.9. The van der Waals surface area contributed by atoms with E-state index in [4.69, 9.17) is 11.6 Å². The van der Waals surface area contributed by atoms with Crippen LogP contribution >= 0.6 is 22.9 Å². The summed E-state index contributed by atoms with van der Waals surface area (Å²) in [5.41, 5.74) is 3.48. The number of hydrogen-bond acceptors (Lipinski definition) is 5. The van der Waals surface area contributed by atoms with E-state index in [0.717, 1.165) is 22.8 Å². The zero-order chi connectivity index (χ0) is 18.8. The number of carbonyl (C=O) groups is 1. The molecule has 0 saturated heterocycles. The standard InChI is InChI=1S/C19H14ClN5OS/c1-12-15(10-22-25(12)14-6-4-5-13(20)9-14)18(26)24-19-23-17(11-27-19)16-7-2-3-8-21-16/h2-11H,1H3,(H,23,24,26). The predicted molar refractivity (Wildman–Crippen MR) is 107 cm³/mol. The van der Waals surface area contributed by atoms with Gasteiger partial charge in [0.25, 0.3) is 5.91 Å². The molecule has 0 fully saturated rings. The van der Waals surface area contributed by atoms with E-state index in [1.165, 1.54) is 11.3 Å². The summed E-state index contributed by atoms with van der Waals surface area (Å²) in [6.07, 6.45) is 3.25. The molecule has 1 N–H and O–H groups in total. The van der Waals surface area contributed by atoms with Crippen molar-refractivity contribution in [2.45, 2.75) is 6.92 Å². The number of carbonyl (C=O) groups excluding carboxylic acids is 1. The zero-order valence-electron chi connectivity index (χ0n) is 14.3. The van der Waals surface area contributed by atoms with Crippen LogP contribution in [0.4, 0.5) is 5.13 Å². The van der Waals surface area contributed by atoms with Crippen molar-refractivity contribution in [2.24, 2.45) is 0 Å². The summed E-state index contributed by atoms with van der Waals surface area (Å²) in [5.74, 6) is -0.261. The van der Waals surface area contributed by atoms with Crippen LogP contribution in [0.25, 0.3) is 17.1 Å². The Labute approximate surface area is 164 Å². The third-order valence-electron chi connectivity index (χ3n) is 3.96. The lowest BCUT2D eigenvalue weighted by Crippen LogP contribution is -2.13. The van der Waals surface area contributed by atoms with Gasteiger partial charge in [-0.25, -0.2) is 9.67 Å². The maximum absolute atomic E-state index is 12.7. The molecule has 27 heavy (non-hydrogen) atoms. The average Bonchev–Trinajstić information content (AvgIpc) is 3.29. The van der Waals surface area contributed by atoms with Crippen molar-refractivity contribution < 1.29 is 4.79 Å². The van der Waals surface area contributed by atoms with E-state index >= 15 is 0 Å². The summed E-state index contributed by atoms with van der Waals surface area (Å²) >= 11 is 7.39. The number of hydrogen-bond donors (Lipinski definition) is 1. The van der Waals surface area contributed by atoms with Gasteiger partial charge < -0.3 is 0 Å². The monoisotopic (exact) mass is 395 g/mol. The number of halogens is 1. The number of rotatable bonds is 4. The molecule has 3 aromatic heterocycles. The molecule has 0 bridgehead atoms. The molecule has 0 saturated carbocycles. The normalized spacial score (nSPS) is 10.7. The Morgan fingerprint density at radius 3 is 2.85 bits per heavy atom. The number of amides is 1. The molecule has 0 radical (unpaired) electrons. The number of nitrogens with one attached hydrogen (secondary N) is 1. The first-order chi connectivity index (χ1) is 13.1. The van der Waals surface area contributed by atoms with Crippen molar-refractivity contribution in [1.82, 2.24) is 19.7 Å². The minimum Gasteiger partial charge on any atom is -0.298 e. The molecule has 8 heteroatoms. The first kappa shape index (κ1) is 17.4. The van der Waals surface area contributed by atoms with Gasteiger partial charge in [-0.1, -0.05) is 23.7 Å². The molecule has 0 unspecified atom stereocenters. The third kappa shape index (κ3) is 3.60. The number of thiazole rings is 1. The third-order valence-corrected chi connectivity index (χ3v) is 4.95. The second kappa shape index (κ2) is 7.30. The highest BCUT2D eigenvalue weighted by Gasteiger charge is 2.17. The Morgan fingerprint density at radius 2 is 2.07 bits per heavy atom. The SMILES string of the molecule is Cc1c(C(=O)Nc2nc(-c3ccccn3)cs2)cnn1-c1cccc(Cl)c1. The number of nitrogens with zero attached hydrogens (tertiary/aromatic N) is 4. The summed E-state index contributed by atoms with van der Waals surface area (Å²) < 4.78 is 1.68. The highest BCUT2D eigenvalue weighted by Crippen LogP contribution is 2.24. The van der Waals surface area contributed by atoms with Crippen molar-refractivity contribution in [3.8, 4) is 17.1 Å². The van der Waals surface area contributed by atoms with Gasteiger partial charge in [0.15, 0.2) is 5.13 Å². The van der Waals surface area contributed by atoms with E-state index in [0.29, 0.717) is 15.7 Å². The van der Waals surface area contributed by atoms with Gasteiger partial charge in [-0.05, 0) is 37.3 Å². The minimum atomic E-state index is -0.261. The Bertz CT molecular complexity index is 1110.